The second kappa shape index (κ2) is 9.37. The third kappa shape index (κ3) is 4.31. The molecule has 0 aliphatic carbocycles. The molecule has 154 valence electrons. The van der Waals surface area contributed by atoms with Crippen molar-refractivity contribution in [2.75, 3.05) is 35.0 Å². The maximum Gasteiger partial charge on any atom is 0.247 e. The van der Waals surface area contributed by atoms with Crippen molar-refractivity contribution in [2.45, 2.75) is 18.9 Å². The molecule has 29 heavy (non-hydrogen) atoms. The molecule has 0 N–H and O–H groups in total. The topological polar surface area (TPSA) is 57.2 Å². The van der Waals surface area contributed by atoms with Crippen LogP contribution in [0, 0.1) is 0 Å². The van der Waals surface area contributed by atoms with Gasteiger partial charge in [0, 0.05) is 18.2 Å². The van der Waals surface area contributed by atoms with Crippen LogP contribution < -0.4 is 18.9 Å². The number of hydrogen-bond donors (Lipinski definition) is 0. The number of likely N-dealkylation sites (tertiary alicyclic amines) is 1. The summed E-state index contributed by atoms with van der Waals surface area (Å²) in [5, 5.41) is 0. The van der Waals surface area contributed by atoms with E-state index in [1.54, 1.807) is 40.6 Å². The lowest BCUT2D eigenvalue weighted by molar-refractivity contribution is -0.126. The van der Waals surface area contributed by atoms with Crippen LogP contribution in [-0.4, -0.2) is 45.8 Å². The highest BCUT2D eigenvalue weighted by molar-refractivity contribution is 5.92. The molecule has 0 spiro atoms. The average molecular weight is 397 g/mol. The molecule has 1 aliphatic heterocycles. The lowest BCUT2D eigenvalue weighted by Gasteiger charge is -2.24. The van der Waals surface area contributed by atoms with E-state index in [0.29, 0.717) is 23.0 Å². The van der Waals surface area contributed by atoms with Crippen molar-refractivity contribution in [3.05, 3.63) is 53.6 Å². The number of rotatable bonds is 7. The van der Waals surface area contributed by atoms with Gasteiger partial charge in [0.2, 0.25) is 5.91 Å². The number of benzene rings is 2. The molecule has 0 radical (unpaired) electrons. The molecule has 0 bridgehead atoms. The van der Waals surface area contributed by atoms with Gasteiger partial charge in [0.1, 0.15) is 0 Å². The van der Waals surface area contributed by atoms with Crippen LogP contribution in [-0.2, 0) is 4.79 Å². The summed E-state index contributed by atoms with van der Waals surface area (Å²) in [7, 11) is 6.41. The summed E-state index contributed by atoms with van der Waals surface area (Å²) >= 11 is 0. The van der Waals surface area contributed by atoms with Crippen molar-refractivity contribution >= 4 is 12.0 Å². The zero-order valence-electron chi connectivity index (χ0n) is 17.3. The highest BCUT2D eigenvalue weighted by atomic mass is 16.5. The van der Waals surface area contributed by atoms with Crippen LogP contribution in [0.2, 0.25) is 0 Å². The van der Waals surface area contributed by atoms with E-state index < -0.39 is 0 Å². The van der Waals surface area contributed by atoms with Gasteiger partial charge < -0.3 is 23.8 Å². The standard InChI is InChI=1S/C23H27NO5/c1-26-19-12-10-17(15-21(19)28-3)18-8-6-14-24(18)22(25)13-11-16-7-5-9-20(27-2)23(16)29-4/h5,7,9-13,15,18H,6,8,14H2,1-4H3/b13-11+. The third-order valence-electron chi connectivity index (χ3n) is 5.17. The van der Waals surface area contributed by atoms with E-state index in [4.69, 9.17) is 18.9 Å². The Bertz CT molecular complexity index is 893. The zero-order valence-corrected chi connectivity index (χ0v) is 17.3. The Labute approximate surface area is 171 Å². The monoisotopic (exact) mass is 397 g/mol. The van der Waals surface area contributed by atoms with Gasteiger partial charge in [-0.1, -0.05) is 18.2 Å². The van der Waals surface area contributed by atoms with Crippen LogP contribution in [0.15, 0.2) is 42.5 Å². The van der Waals surface area contributed by atoms with Crippen LogP contribution >= 0.6 is 0 Å². The van der Waals surface area contributed by atoms with Gasteiger partial charge in [0.15, 0.2) is 23.0 Å². The van der Waals surface area contributed by atoms with Gasteiger partial charge in [0.05, 0.1) is 34.5 Å². The second-order valence-electron chi connectivity index (χ2n) is 6.72. The number of carbonyl (C=O) groups is 1. The number of nitrogens with zero attached hydrogens (tertiary/aromatic N) is 1. The fraction of sp³-hybridized carbons (Fsp3) is 0.348. The van der Waals surface area contributed by atoms with Crippen molar-refractivity contribution in [1.29, 1.82) is 0 Å². The quantitative estimate of drug-likeness (QED) is 0.659. The maximum absolute atomic E-state index is 12.9. The van der Waals surface area contributed by atoms with Crippen molar-refractivity contribution in [2.24, 2.45) is 0 Å². The van der Waals surface area contributed by atoms with Crippen LogP contribution in [0.3, 0.4) is 0 Å². The Kier molecular flexibility index (Phi) is 6.65. The van der Waals surface area contributed by atoms with Crippen molar-refractivity contribution in [3.8, 4) is 23.0 Å². The number of hydrogen-bond acceptors (Lipinski definition) is 5. The van der Waals surface area contributed by atoms with E-state index in [1.165, 1.54) is 0 Å². The van der Waals surface area contributed by atoms with E-state index in [2.05, 4.69) is 0 Å². The minimum absolute atomic E-state index is 0.0131. The Hall–Kier alpha value is -3.15. The predicted octanol–water partition coefficient (Wildman–Crippen LogP) is 4.10. The Morgan fingerprint density at radius 1 is 0.966 bits per heavy atom. The number of para-hydroxylation sites is 1. The molecule has 6 heteroatoms. The predicted molar refractivity (Wildman–Crippen MR) is 112 cm³/mol. The molecule has 2 aromatic carbocycles. The molecule has 6 nitrogen and oxygen atoms in total. The van der Waals surface area contributed by atoms with Gasteiger partial charge in [-0.25, -0.2) is 0 Å². The minimum Gasteiger partial charge on any atom is -0.493 e. The van der Waals surface area contributed by atoms with Gasteiger partial charge in [-0.15, -0.1) is 0 Å². The first-order chi connectivity index (χ1) is 14.1. The van der Waals surface area contributed by atoms with E-state index >= 15 is 0 Å². The number of methoxy groups -OCH3 is 4. The molecule has 1 fully saturated rings. The molecule has 0 aromatic heterocycles. The maximum atomic E-state index is 12.9. The number of carbonyl (C=O) groups excluding carboxylic acids is 1. The molecule has 2 aromatic rings. The molecule has 3 rings (SSSR count). The third-order valence-corrected chi connectivity index (χ3v) is 5.17. The van der Waals surface area contributed by atoms with Gasteiger partial charge in [-0.2, -0.15) is 0 Å². The largest absolute Gasteiger partial charge is 0.493 e. The summed E-state index contributed by atoms with van der Waals surface area (Å²) < 4.78 is 21.5. The van der Waals surface area contributed by atoms with E-state index in [1.807, 2.05) is 41.3 Å². The molecular formula is C23H27NO5. The van der Waals surface area contributed by atoms with E-state index in [-0.39, 0.29) is 11.9 Å². The lowest BCUT2D eigenvalue weighted by atomic mass is 10.0. The first-order valence-electron chi connectivity index (χ1n) is 9.54. The smallest absolute Gasteiger partial charge is 0.247 e. The van der Waals surface area contributed by atoms with Crippen LogP contribution in [0.1, 0.15) is 30.0 Å². The van der Waals surface area contributed by atoms with Crippen LogP contribution in [0.4, 0.5) is 0 Å². The van der Waals surface area contributed by atoms with Gasteiger partial charge in [-0.3, -0.25) is 4.79 Å². The van der Waals surface area contributed by atoms with Crippen LogP contribution in [0.25, 0.3) is 6.08 Å². The molecule has 1 heterocycles. The molecule has 1 aliphatic rings. The fourth-order valence-electron chi connectivity index (χ4n) is 3.74. The number of ether oxygens (including phenoxy) is 4. The summed E-state index contributed by atoms with van der Waals surface area (Å²) in [6.07, 6.45) is 5.24. The first-order valence-corrected chi connectivity index (χ1v) is 9.54. The fourth-order valence-corrected chi connectivity index (χ4v) is 3.74. The normalized spacial score (nSPS) is 16.1. The SMILES string of the molecule is COc1ccc(C2CCCN2C(=O)/C=C/c2cccc(OC)c2OC)cc1OC. The lowest BCUT2D eigenvalue weighted by Crippen LogP contribution is -2.28. The first kappa shape index (κ1) is 20.6. The highest BCUT2D eigenvalue weighted by Gasteiger charge is 2.29. The molecule has 1 atom stereocenters. The van der Waals surface area contributed by atoms with Crippen LogP contribution in [0.5, 0.6) is 23.0 Å². The summed E-state index contributed by atoms with van der Waals surface area (Å²) in [6.45, 7) is 0.720. The Morgan fingerprint density at radius 3 is 2.41 bits per heavy atom. The van der Waals surface area contributed by atoms with Gasteiger partial charge in [-0.05, 0) is 42.7 Å². The molecular weight excluding hydrogens is 370 g/mol. The zero-order chi connectivity index (χ0) is 20.8. The second-order valence-corrected chi connectivity index (χ2v) is 6.72. The summed E-state index contributed by atoms with van der Waals surface area (Å²) in [4.78, 5) is 14.8. The molecule has 1 amide bonds. The van der Waals surface area contributed by atoms with E-state index in [0.717, 1.165) is 30.5 Å². The molecule has 1 saturated heterocycles. The van der Waals surface area contributed by atoms with Crippen molar-refractivity contribution in [3.63, 3.8) is 0 Å². The van der Waals surface area contributed by atoms with Gasteiger partial charge >= 0.3 is 0 Å². The number of amides is 1. The highest BCUT2D eigenvalue weighted by Crippen LogP contribution is 2.37. The summed E-state index contributed by atoms with van der Waals surface area (Å²) in [6, 6.07) is 11.4. The summed E-state index contributed by atoms with van der Waals surface area (Å²) in [5.41, 5.74) is 1.84. The molecule has 0 saturated carbocycles. The van der Waals surface area contributed by atoms with Crippen molar-refractivity contribution in [1.82, 2.24) is 4.90 Å². The Morgan fingerprint density at radius 2 is 1.72 bits per heavy atom. The Balaban J connectivity index is 1.82. The summed E-state index contributed by atoms with van der Waals surface area (Å²) in [5.74, 6) is 2.55. The average Bonchev–Trinajstić information content (AvgIpc) is 3.26. The van der Waals surface area contributed by atoms with E-state index in [9.17, 15) is 4.79 Å². The van der Waals surface area contributed by atoms with Crippen molar-refractivity contribution < 1.29 is 23.7 Å². The molecule has 1 unspecified atom stereocenters. The van der Waals surface area contributed by atoms with Gasteiger partial charge in [0.25, 0.3) is 0 Å². The minimum atomic E-state index is -0.0350.